The summed E-state index contributed by atoms with van der Waals surface area (Å²) >= 11 is 0. The molecule has 1 N–H and O–H groups in total. The zero-order valence-corrected chi connectivity index (χ0v) is 16.4. The Hall–Kier alpha value is -2.13. The molecule has 1 fully saturated rings. The highest BCUT2D eigenvalue weighted by molar-refractivity contribution is 5.85. The fraction of sp³-hybridized carbons (Fsp3) is 0.381. The predicted molar refractivity (Wildman–Crippen MR) is 108 cm³/mol. The molecule has 0 aromatic heterocycles. The van der Waals surface area contributed by atoms with E-state index in [1.54, 1.807) is 12.1 Å². The number of nitrogens with zero attached hydrogens (tertiary/aromatic N) is 2. The number of nitriles is 1. The summed E-state index contributed by atoms with van der Waals surface area (Å²) in [7, 11) is 0. The summed E-state index contributed by atoms with van der Waals surface area (Å²) in [6, 6.07) is 15.0. The van der Waals surface area contributed by atoms with Gasteiger partial charge in [-0.05, 0) is 49.2 Å². The molecule has 1 heterocycles. The molecule has 3 rings (SSSR count). The average molecular weight is 390 g/mol. The van der Waals surface area contributed by atoms with Crippen molar-refractivity contribution in [2.75, 3.05) is 18.0 Å². The highest BCUT2D eigenvalue weighted by atomic mass is 35.5. The van der Waals surface area contributed by atoms with Gasteiger partial charge in [-0.1, -0.05) is 18.2 Å². The summed E-state index contributed by atoms with van der Waals surface area (Å²) in [6.07, 6.45) is 0.201. The van der Waals surface area contributed by atoms with Crippen LogP contribution in [0.1, 0.15) is 30.5 Å². The number of ether oxygens (including phenoxy) is 1. The molecule has 4 nitrogen and oxygen atoms in total. The molecule has 6 heteroatoms. The van der Waals surface area contributed by atoms with E-state index in [2.05, 4.69) is 16.3 Å². The number of rotatable bonds is 5. The maximum absolute atomic E-state index is 14.6. The average Bonchev–Trinajstić information content (AvgIpc) is 2.61. The van der Waals surface area contributed by atoms with E-state index in [1.807, 2.05) is 44.2 Å². The lowest BCUT2D eigenvalue weighted by Crippen LogP contribution is -2.45. The van der Waals surface area contributed by atoms with Gasteiger partial charge in [0.05, 0.1) is 29.5 Å². The third kappa shape index (κ3) is 5.67. The van der Waals surface area contributed by atoms with Gasteiger partial charge in [0.2, 0.25) is 0 Å². The topological polar surface area (TPSA) is 48.3 Å². The summed E-state index contributed by atoms with van der Waals surface area (Å²) in [5.41, 5.74) is 3.22. The lowest BCUT2D eigenvalue weighted by atomic mass is 10.1. The van der Waals surface area contributed by atoms with Gasteiger partial charge >= 0.3 is 0 Å². The number of hydrogen-bond acceptors (Lipinski definition) is 4. The minimum Gasteiger partial charge on any atom is -0.372 e. The van der Waals surface area contributed by atoms with E-state index in [-0.39, 0.29) is 30.4 Å². The van der Waals surface area contributed by atoms with Crippen LogP contribution in [0.3, 0.4) is 0 Å². The molecule has 1 aliphatic heterocycles. The fourth-order valence-corrected chi connectivity index (χ4v) is 3.39. The van der Waals surface area contributed by atoms with Crippen molar-refractivity contribution in [3.05, 3.63) is 65.0 Å². The molecule has 2 unspecified atom stereocenters. The number of anilines is 1. The first-order valence-electron chi connectivity index (χ1n) is 8.93. The SMILES string of the molecule is CC1CN(c2ccc(CNCc3cccc(C#N)c3)cc2F)CC(C)O1.Cl. The van der Waals surface area contributed by atoms with E-state index in [4.69, 9.17) is 10.00 Å². The summed E-state index contributed by atoms with van der Waals surface area (Å²) in [6.45, 7) is 6.64. The maximum Gasteiger partial charge on any atom is 0.146 e. The van der Waals surface area contributed by atoms with Crippen molar-refractivity contribution < 1.29 is 9.13 Å². The highest BCUT2D eigenvalue weighted by Crippen LogP contribution is 2.24. The van der Waals surface area contributed by atoms with Crippen molar-refractivity contribution in [1.29, 1.82) is 5.26 Å². The normalized spacial score (nSPS) is 19.3. The van der Waals surface area contributed by atoms with Crippen LogP contribution in [0.2, 0.25) is 0 Å². The molecule has 1 aliphatic rings. The van der Waals surface area contributed by atoms with Crippen LogP contribution in [0.25, 0.3) is 0 Å². The summed E-state index contributed by atoms with van der Waals surface area (Å²) in [4.78, 5) is 2.05. The van der Waals surface area contributed by atoms with Crippen LogP contribution < -0.4 is 10.2 Å². The van der Waals surface area contributed by atoms with Crippen LogP contribution in [0.4, 0.5) is 10.1 Å². The minimum atomic E-state index is -0.197. The van der Waals surface area contributed by atoms with Gasteiger partial charge in [0.1, 0.15) is 5.82 Å². The third-order valence-corrected chi connectivity index (χ3v) is 4.49. The zero-order chi connectivity index (χ0) is 18.5. The first-order chi connectivity index (χ1) is 12.5. The molecule has 0 radical (unpaired) electrons. The first-order valence-corrected chi connectivity index (χ1v) is 8.93. The predicted octanol–water partition coefficient (Wildman–Crippen LogP) is 4.02. The smallest absolute Gasteiger partial charge is 0.146 e. The standard InChI is InChI=1S/C21H24FN3O.ClH/c1-15-13-25(14-16(2)26-15)21-7-6-19(9-20(21)22)12-24-11-18-5-3-4-17(8-18)10-23;/h3-9,15-16,24H,11-14H2,1-2H3;1H. The number of morpholine rings is 1. The first kappa shape index (κ1) is 21.2. The van der Waals surface area contributed by atoms with Crippen molar-refractivity contribution in [1.82, 2.24) is 5.32 Å². The van der Waals surface area contributed by atoms with Gasteiger partial charge in [0.25, 0.3) is 0 Å². The largest absolute Gasteiger partial charge is 0.372 e. The van der Waals surface area contributed by atoms with Crippen molar-refractivity contribution in [2.45, 2.75) is 39.1 Å². The van der Waals surface area contributed by atoms with Crippen LogP contribution in [-0.2, 0) is 17.8 Å². The second-order valence-corrected chi connectivity index (χ2v) is 6.86. The van der Waals surface area contributed by atoms with Crippen LogP contribution in [0.5, 0.6) is 0 Å². The van der Waals surface area contributed by atoms with Gasteiger partial charge in [-0.3, -0.25) is 0 Å². The van der Waals surface area contributed by atoms with Crippen molar-refractivity contribution in [3.8, 4) is 6.07 Å². The minimum absolute atomic E-state index is 0. The molecule has 2 aromatic rings. The Morgan fingerprint density at radius 3 is 2.41 bits per heavy atom. The Kier molecular flexibility index (Phi) is 7.61. The summed E-state index contributed by atoms with van der Waals surface area (Å²) in [5, 5.41) is 12.2. The van der Waals surface area contributed by atoms with Crippen LogP contribution >= 0.6 is 12.4 Å². The highest BCUT2D eigenvalue weighted by Gasteiger charge is 2.24. The molecule has 0 amide bonds. The molecule has 144 valence electrons. The molecule has 0 saturated carbocycles. The maximum atomic E-state index is 14.6. The number of hydrogen-bond donors (Lipinski definition) is 1. The lowest BCUT2D eigenvalue weighted by Gasteiger charge is -2.37. The van der Waals surface area contributed by atoms with Crippen LogP contribution in [0, 0.1) is 17.1 Å². The Morgan fingerprint density at radius 2 is 1.78 bits per heavy atom. The van der Waals surface area contributed by atoms with Crippen LogP contribution in [0.15, 0.2) is 42.5 Å². The zero-order valence-electron chi connectivity index (χ0n) is 15.6. The fourth-order valence-electron chi connectivity index (χ4n) is 3.39. The monoisotopic (exact) mass is 389 g/mol. The third-order valence-electron chi connectivity index (χ3n) is 4.49. The van der Waals surface area contributed by atoms with E-state index in [9.17, 15) is 4.39 Å². The van der Waals surface area contributed by atoms with Gasteiger partial charge in [0, 0.05) is 26.2 Å². The molecule has 0 aliphatic carbocycles. The van der Waals surface area contributed by atoms with Gasteiger partial charge in [-0.25, -0.2) is 4.39 Å². The number of benzene rings is 2. The molecule has 0 bridgehead atoms. The number of nitrogens with one attached hydrogen (secondary N) is 1. The molecular weight excluding hydrogens is 365 g/mol. The van der Waals surface area contributed by atoms with E-state index in [0.717, 1.165) is 11.1 Å². The van der Waals surface area contributed by atoms with Gasteiger partial charge in [-0.2, -0.15) is 5.26 Å². The van der Waals surface area contributed by atoms with Crippen molar-refractivity contribution in [2.24, 2.45) is 0 Å². The van der Waals surface area contributed by atoms with E-state index < -0.39 is 0 Å². The molecular formula is C21H25ClFN3O. The van der Waals surface area contributed by atoms with Crippen molar-refractivity contribution >= 4 is 18.1 Å². The Labute approximate surface area is 166 Å². The van der Waals surface area contributed by atoms with E-state index in [0.29, 0.717) is 37.4 Å². The summed E-state index contributed by atoms with van der Waals surface area (Å²) in [5.74, 6) is -0.197. The molecule has 2 atom stereocenters. The van der Waals surface area contributed by atoms with E-state index in [1.165, 1.54) is 0 Å². The second kappa shape index (κ2) is 9.70. The quantitative estimate of drug-likeness (QED) is 0.838. The van der Waals surface area contributed by atoms with E-state index >= 15 is 0 Å². The number of halogens is 2. The van der Waals surface area contributed by atoms with Gasteiger partial charge < -0.3 is 15.0 Å². The van der Waals surface area contributed by atoms with Crippen LogP contribution in [-0.4, -0.2) is 25.3 Å². The van der Waals surface area contributed by atoms with Gasteiger partial charge in [0.15, 0.2) is 0 Å². The Bertz CT molecular complexity index is 798. The lowest BCUT2D eigenvalue weighted by molar-refractivity contribution is -0.00539. The Balaban J connectivity index is 0.00000261. The Morgan fingerprint density at radius 1 is 1.11 bits per heavy atom. The summed E-state index contributed by atoms with van der Waals surface area (Å²) < 4.78 is 20.3. The molecule has 2 aromatic carbocycles. The molecule has 1 saturated heterocycles. The van der Waals surface area contributed by atoms with Crippen molar-refractivity contribution in [3.63, 3.8) is 0 Å². The molecule has 0 spiro atoms. The van der Waals surface area contributed by atoms with Gasteiger partial charge in [-0.15, -0.1) is 12.4 Å². The molecule has 27 heavy (non-hydrogen) atoms. The second-order valence-electron chi connectivity index (χ2n) is 6.86.